The van der Waals surface area contributed by atoms with Crippen LogP contribution in [0.4, 0.5) is 5.69 Å². The number of piperazine rings is 1. The molecule has 1 aromatic carbocycles. The van der Waals surface area contributed by atoms with Gasteiger partial charge in [-0.25, -0.2) is 13.1 Å². The summed E-state index contributed by atoms with van der Waals surface area (Å²) in [4.78, 5) is 4.45. The molecule has 0 aromatic heterocycles. The van der Waals surface area contributed by atoms with E-state index in [1.54, 1.807) is 6.07 Å². The Kier molecular flexibility index (Phi) is 5.45. The Bertz CT molecular complexity index is 566. The molecule has 21 heavy (non-hydrogen) atoms. The van der Waals surface area contributed by atoms with E-state index in [9.17, 15) is 8.42 Å². The molecule has 1 aromatic rings. The zero-order valence-corrected chi connectivity index (χ0v) is 13.6. The maximum atomic E-state index is 12.3. The Morgan fingerprint density at radius 1 is 1.29 bits per heavy atom. The van der Waals surface area contributed by atoms with Crippen molar-refractivity contribution in [2.75, 3.05) is 52.0 Å². The Labute approximate surface area is 130 Å². The fourth-order valence-electron chi connectivity index (χ4n) is 2.29. The van der Waals surface area contributed by atoms with E-state index in [0.29, 0.717) is 13.1 Å². The molecule has 1 aliphatic heterocycles. The molecule has 3 N–H and O–H groups in total. The first kappa shape index (κ1) is 16.5. The molecule has 1 saturated heterocycles. The number of nitrogen functional groups attached to an aromatic ring is 1. The summed E-state index contributed by atoms with van der Waals surface area (Å²) < 4.78 is 27.1. The van der Waals surface area contributed by atoms with Crippen LogP contribution in [0.3, 0.4) is 0 Å². The summed E-state index contributed by atoms with van der Waals surface area (Å²) in [5.74, 6) is 0. The van der Waals surface area contributed by atoms with E-state index in [-0.39, 0.29) is 15.6 Å². The summed E-state index contributed by atoms with van der Waals surface area (Å²) in [5, 5.41) is 0.141. The summed E-state index contributed by atoms with van der Waals surface area (Å²) in [6.07, 6.45) is 0. The molecule has 2 rings (SSSR count). The highest BCUT2D eigenvalue weighted by Crippen LogP contribution is 2.26. The summed E-state index contributed by atoms with van der Waals surface area (Å²) in [6, 6.07) is 4.68. The van der Waals surface area contributed by atoms with Crippen molar-refractivity contribution in [3.63, 3.8) is 0 Å². The second-order valence-electron chi connectivity index (χ2n) is 5.20. The second kappa shape index (κ2) is 6.93. The Morgan fingerprint density at radius 2 is 1.95 bits per heavy atom. The zero-order chi connectivity index (χ0) is 15.5. The highest BCUT2D eigenvalue weighted by molar-refractivity contribution is 7.89. The molecule has 0 aliphatic carbocycles. The predicted octanol–water partition coefficient (Wildman–Crippen LogP) is 0.448. The van der Waals surface area contributed by atoms with Crippen molar-refractivity contribution in [2.45, 2.75) is 4.90 Å². The van der Waals surface area contributed by atoms with E-state index in [1.165, 1.54) is 12.1 Å². The van der Waals surface area contributed by atoms with E-state index in [4.69, 9.17) is 17.3 Å². The smallest absolute Gasteiger partial charge is 0.244 e. The number of rotatable bonds is 5. The molecule has 0 radical (unpaired) electrons. The lowest BCUT2D eigenvalue weighted by Gasteiger charge is -2.32. The molecule has 0 unspecified atom stereocenters. The largest absolute Gasteiger partial charge is 0.398 e. The SMILES string of the molecule is CN1CCN(CCNS(=O)(=O)c2c(N)cccc2Cl)CC1. The Balaban J connectivity index is 1.93. The van der Waals surface area contributed by atoms with Gasteiger partial charge < -0.3 is 10.6 Å². The van der Waals surface area contributed by atoms with Crippen LogP contribution in [0.5, 0.6) is 0 Å². The maximum Gasteiger partial charge on any atom is 0.244 e. The fourth-order valence-corrected chi connectivity index (χ4v) is 3.98. The first-order valence-corrected chi connectivity index (χ1v) is 8.71. The minimum Gasteiger partial charge on any atom is -0.398 e. The molecular weight excluding hydrogens is 312 g/mol. The Morgan fingerprint density at radius 3 is 2.57 bits per heavy atom. The van der Waals surface area contributed by atoms with E-state index in [2.05, 4.69) is 21.6 Å². The van der Waals surface area contributed by atoms with Crippen molar-refractivity contribution in [1.82, 2.24) is 14.5 Å². The standard InChI is InChI=1S/C13H21ClN4O2S/c1-17-7-9-18(10-8-17)6-5-16-21(19,20)13-11(14)3-2-4-12(13)15/h2-4,16H,5-10,15H2,1H3. The molecule has 0 amide bonds. The molecule has 8 heteroatoms. The average molecular weight is 333 g/mol. The van der Waals surface area contributed by atoms with E-state index < -0.39 is 10.0 Å². The maximum absolute atomic E-state index is 12.3. The normalized spacial score (nSPS) is 18.0. The van der Waals surface area contributed by atoms with Crippen LogP contribution in [0.1, 0.15) is 0 Å². The lowest BCUT2D eigenvalue weighted by atomic mass is 10.3. The number of nitrogens with two attached hydrogens (primary N) is 1. The third-order valence-corrected chi connectivity index (χ3v) is 5.59. The van der Waals surface area contributed by atoms with Crippen LogP contribution in [0.25, 0.3) is 0 Å². The Hall–Kier alpha value is -0.860. The van der Waals surface area contributed by atoms with Crippen LogP contribution in [-0.4, -0.2) is 64.5 Å². The molecule has 0 saturated carbocycles. The van der Waals surface area contributed by atoms with Gasteiger partial charge >= 0.3 is 0 Å². The van der Waals surface area contributed by atoms with Gasteiger partial charge in [-0.05, 0) is 19.2 Å². The third-order valence-electron chi connectivity index (χ3n) is 3.58. The van der Waals surface area contributed by atoms with Crippen molar-refractivity contribution in [3.8, 4) is 0 Å². The zero-order valence-electron chi connectivity index (χ0n) is 12.0. The molecule has 0 bridgehead atoms. The van der Waals surface area contributed by atoms with Crippen molar-refractivity contribution >= 4 is 27.3 Å². The van der Waals surface area contributed by atoms with Crippen LogP contribution in [0.2, 0.25) is 5.02 Å². The lowest BCUT2D eigenvalue weighted by Crippen LogP contribution is -2.46. The number of hydrogen-bond acceptors (Lipinski definition) is 5. The number of nitrogens with one attached hydrogen (secondary N) is 1. The highest BCUT2D eigenvalue weighted by Gasteiger charge is 2.21. The summed E-state index contributed by atoms with van der Waals surface area (Å²) in [6.45, 7) is 4.93. The van der Waals surface area contributed by atoms with Gasteiger partial charge in [-0.15, -0.1) is 0 Å². The van der Waals surface area contributed by atoms with Crippen molar-refractivity contribution in [2.24, 2.45) is 0 Å². The molecule has 0 spiro atoms. The molecule has 1 aliphatic rings. The summed E-state index contributed by atoms with van der Waals surface area (Å²) in [5.41, 5.74) is 5.88. The van der Waals surface area contributed by atoms with Gasteiger partial charge in [-0.1, -0.05) is 17.7 Å². The molecule has 118 valence electrons. The number of nitrogens with zero attached hydrogens (tertiary/aromatic N) is 2. The third kappa shape index (κ3) is 4.31. The quantitative estimate of drug-likeness (QED) is 0.765. The van der Waals surface area contributed by atoms with Gasteiger partial charge in [0.1, 0.15) is 4.90 Å². The number of hydrogen-bond donors (Lipinski definition) is 2. The number of benzene rings is 1. The van der Waals surface area contributed by atoms with Crippen LogP contribution in [-0.2, 0) is 10.0 Å². The van der Waals surface area contributed by atoms with Crippen molar-refractivity contribution in [3.05, 3.63) is 23.2 Å². The van der Waals surface area contributed by atoms with Gasteiger partial charge in [-0.3, -0.25) is 4.90 Å². The van der Waals surface area contributed by atoms with E-state index in [0.717, 1.165) is 26.2 Å². The number of sulfonamides is 1. The van der Waals surface area contributed by atoms with Gasteiger partial charge in [0.15, 0.2) is 0 Å². The average Bonchev–Trinajstić information content (AvgIpc) is 2.40. The molecule has 1 fully saturated rings. The minimum atomic E-state index is -3.68. The first-order valence-electron chi connectivity index (χ1n) is 6.85. The van der Waals surface area contributed by atoms with Gasteiger partial charge in [-0.2, -0.15) is 0 Å². The molecule has 0 atom stereocenters. The van der Waals surface area contributed by atoms with Gasteiger partial charge in [0.25, 0.3) is 0 Å². The molecule has 1 heterocycles. The van der Waals surface area contributed by atoms with Crippen LogP contribution < -0.4 is 10.5 Å². The van der Waals surface area contributed by atoms with Gasteiger partial charge in [0.2, 0.25) is 10.0 Å². The fraction of sp³-hybridized carbons (Fsp3) is 0.538. The topological polar surface area (TPSA) is 78.7 Å². The van der Waals surface area contributed by atoms with E-state index >= 15 is 0 Å². The van der Waals surface area contributed by atoms with Gasteiger partial charge in [0, 0.05) is 39.3 Å². The number of likely N-dealkylation sites (N-methyl/N-ethyl adjacent to an activating group) is 1. The second-order valence-corrected chi connectivity index (χ2v) is 7.31. The van der Waals surface area contributed by atoms with Crippen LogP contribution in [0, 0.1) is 0 Å². The highest BCUT2D eigenvalue weighted by atomic mass is 35.5. The molecular formula is C13H21ClN4O2S. The number of halogens is 1. The van der Waals surface area contributed by atoms with Gasteiger partial charge in [0.05, 0.1) is 10.7 Å². The van der Waals surface area contributed by atoms with E-state index in [1.807, 2.05) is 0 Å². The summed E-state index contributed by atoms with van der Waals surface area (Å²) in [7, 11) is -1.59. The van der Waals surface area contributed by atoms with Crippen LogP contribution >= 0.6 is 11.6 Å². The monoisotopic (exact) mass is 332 g/mol. The summed E-state index contributed by atoms with van der Waals surface area (Å²) >= 11 is 5.94. The van der Waals surface area contributed by atoms with Crippen molar-refractivity contribution in [1.29, 1.82) is 0 Å². The van der Waals surface area contributed by atoms with Crippen molar-refractivity contribution < 1.29 is 8.42 Å². The minimum absolute atomic E-state index is 0.0370. The number of anilines is 1. The lowest BCUT2D eigenvalue weighted by molar-refractivity contribution is 0.156. The first-order chi connectivity index (χ1) is 9.90. The molecule has 6 nitrogen and oxygen atoms in total. The van der Waals surface area contributed by atoms with Crippen LogP contribution in [0.15, 0.2) is 23.1 Å². The predicted molar refractivity (Wildman–Crippen MR) is 85.0 cm³/mol.